The molecule has 0 bridgehead atoms. The highest BCUT2D eigenvalue weighted by atomic mass is 32.1. The molecule has 2 aliphatic heterocycles. The molecule has 2 fully saturated rings. The van der Waals surface area contributed by atoms with Gasteiger partial charge in [-0.25, -0.2) is 0 Å². The topological polar surface area (TPSA) is 79.0 Å². The summed E-state index contributed by atoms with van der Waals surface area (Å²) in [6, 6.07) is 2.76. The van der Waals surface area contributed by atoms with Gasteiger partial charge < -0.3 is 19.9 Å². The number of nitrogens with one attached hydrogen (secondary N) is 1. The summed E-state index contributed by atoms with van der Waals surface area (Å²) in [4.78, 5) is 43.5. The van der Waals surface area contributed by atoms with E-state index in [0.29, 0.717) is 25.9 Å². The van der Waals surface area contributed by atoms with E-state index in [1.807, 2.05) is 36.3 Å². The monoisotopic (exact) mass is 407 g/mol. The van der Waals surface area contributed by atoms with E-state index in [9.17, 15) is 14.4 Å². The largest absolute Gasteiger partial charge is 0.469 e. The molecule has 3 unspecified atom stereocenters. The molecule has 7 nitrogen and oxygen atoms in total. The third kappa shape index (κ3) is 4.22. The van der Waals surface area contributed by atoms with E-state index < -0.39 is 18.0 Å². The normalized spacial score (nSPS) is 25.2. The minimum atomic E-state index is -0.624. The van der Waals surface area contributed by atoms with Crippen molar-refractivity contribution >= 4 is 29.1 Å². The minimum Gasteiger partial charge on any atom is -0.469 e. The van der Waals surface area contributed by atoms with Crippen molar-refractivity contribution in [1.82, 2.24) is 15.1 Å². The van der Waals surface area contributed by atoms with Crippen molar-refractivity contribution in [1.29, 1.82) is 0 Å². The molecule has 0 radical (unpaired) electrons. The number of likely N-dealkylation sites (tertiary alicyclic amines) is 1. The summed E-state index contributed by atoms with van der Waals surface area (Å²) in [5.74, 6) is -0.864. The van der Waals surface area contributed by atoms with Gasteiger partial charge in [-0.1, -0.05) is 19.9 Å². The molecule has 1 aromatic heterocycles. The Balaban J connectivity index is 1.97. The summed E-state index contributed by atoms with van der Waals surface area (Å²) in [7, 11) is 1.36. The maximum atomic E-state index is 13.3. The van der Waals surface area contributed by atoms with Gasteiger partial charge in [0.2, 0.25) is 11.8 Å². The molecule has 154 valence electrons. The number of hydrogen-bond donors (Lipinski definition) is 1. The Labute approximate surface area is 170 Å². The highest BCUT2D eigenvalue weighted by Crippen LogP contribution is 2.44. The van der Waals surface area contributed by atoms with Crippen molar-refractivity contribution in [3.63, 3.8) is 0 Å². The number of rotatable bonds is 5. The molecule has 0 aliphatic carbocycles. The van der Waals surface area contributed by atoms with Crippen molar-refractivity contribution in [3.05, 3.63) is 22.4 Å². The molecule has 8 heteroatoms. The van der Waals surface area contributed by atoms with Crippen LogP contribution in [0.1, 0.15) is 37.6 Å². The van der Waals surface area contributed by atoms with E-state index in [1.54, 1.807) is 4.90 Å². The first kappa shape index (κ1) is 20.8. The smallest absolute Gasteiger partial charge is 0.311 e. The van der Waals surface area contributed by atoms with Gasteiger partial charge in [-0.15, -0.1) is 11.3 Å². The van der Waals surface area contributed by atoms with Crippen LogP contribution in [0.25, 0.3) is 0 Å². The molecule has 1 aromatic rings. The van der Waals surface area contributed by atoms with Crippen molar-refractivity contribution in [3.8, 4) is 0 Å². The lowest BCUT2D eigenvalue weighted by atomic mass is 9.97. The third-order valence-electron chi connectivity index (χ3n) is 5.42. The van der Waals surface area contributed by atoms with Crippen LogP contribution >= 0.6 is 11.3 Å². The lowest BCUT2D eigenvalue weighted by Crippen LogP contribution is -2.53. The van der Waals surface area contributed by atoms with Crippen molar-refractivity contribution in [2.24, 2.45) is 11.8 Å². The summed E-state index contributed by atoms with van der Waals surface area (Å²) >= 11 is 1.50. The maximum Gasteiger partial charge on any atom is 0.311 e. The van der Waals surface area contributed by atoms with Crippen LogP contribution in [-0.2, 0) is 19.1 Å². The second kappa shape index (κ2) is 9.05. The Bertz CT molecular complexity index is 700. The number of esters is 1. The van der Waals surface area contributed by atoms with Crippen molar-refractivity contribution in [2.75, 3.05) is 33.3 Å². The molecule has 0 spiro atoms. The van der Waals surface area contributed by atoms with Gasteiger partial charge in [0.25, 0.3) is 0 Å². The number of carbonyl (C=O) groups is 3. The summed E-state index contributed by atoms with van der Waals surface area (Å²) in [6.45, 7) is 6.70. The second-order valence-electron chi connectivity index (χ2n) is 7.82. The molecular formula is C20H29N3O4S. The summed E-state index contributed by atoms with van der Waals surface area (Å²) in [5, 5.41) is 5.17. The number of hydrogen-bond acceptors (Lipinski definition) is 6. The first-order valence-corrected chi connectivity index (χ1v) is 10.7. The van der Waals surface area contributed by atoms with Gasteiger partial charge in [-0.2, -0.15) is 0 Å². The quantitative estimate of drug-likeness (QED) is 0.751. The fraction of sp³-hybridized carbons (Fsp3) is 0.650. The lowest BCUT2D eigenvalue weighted by molar-refractivity contribution is -0.148. The number of piperazine rings is 1. The van der Waals surface area contributed by atoms with Crippen LogP contribution in [0.2, 0.25) is 0 Å². The van der Waals surface area contributed by atoms with Crippen LogP contribution in [0.4, 0.5) is 0 Å². The molecule has 1 N–H and O–H groups in total. The van der Waals surface area contributed by atoms with Crippen LogP contribution in [0.5, 0.6) is 0 Å². The second-order valence-corrected chi connectivity index (χ2v) is 8.79. The predicted octanol–water partition coefficient (Wildman–Crippen LogP) is 1.66. The van der Waals surface area contributed by atoms with E-state index in [4.69, 9.17) is 4.74 Å². The average molecular weight is 408 g/mol. The van der Waals surface area contributed by atoms with E-state index in [-0.39, 0.29) is 23.7 Å². The summed E-state index contributed by atoms with van der Waals surface area (Å²) in [5.41, 5.74) is 0. The lowest BCUT2D eigenvalue weighted by Gasteiger charge is -2.35. The number of carbonyl (C=O) groups excluding carboxylic acids is 3. The molecular weight excluding hydrogens is 378 g/mol. The molecule has 0 aromatic carbocycles. The molecule has 0 saturated carbocycles. The van der Waals surface area contributed by atoms with E-state index in [2.05, 4.69) is 5.32 Å². The van der Waals surface area contributed by atoms with Gasteiger partial charge in [0, 0.05) is 37.5 Å². The maximum absolute atomic E-state index is 13.3. The SMILES string of the molecule is COC(=O)C1CC(C(=O)N2CCNCC2)N(C(=O)CC(C)C)C1c1cccs1. The Morgan fingerprint density at radius 3 is 2.57 bits per heavy atom. The van der Waals surface area contributed by atoms with Crippen molar-refractivity contribution < 1.29 is 19.1 Å². The third-order valence-corrected chi connectivity index (χ3v) is 6.36. The fourth-order valence-corrected chi connectivity index (χ4v) is 5.03. The van der Waals surface area contributed by atoms with Gasteiger partial charge in [0.15, 0.2) is 0 Å². The van der Waals surface area contributed by atoms with Crippen LogP contribution < -0.4 is 5.32 Å². The number of thiophene rings is 1. The molecule has 28 heavy (non-hydrogen) atoms. The van der Waals surface area contributed by atoms with Gasteiger partial charge in [-0.05, 0) is 23.8 Å². The Kier molecular flexibility index (Phi) is 6.72. The van der Waals surface area contributed by atoms with Crippen LogP contribution in [-0.4, -0.2) is 66.9 Å². The predicted molar refractivity (Wildman–Crippen MR) is 107 cm³/mol. The van der Waals surface area contributed by atoms with Crippen LogP contribution in [0, 0.1) is 11.8 Å². The molecule has 2 saturated heterocycles. The van der Waals surface area contributed by atoms with Crippen LogP contribution in [0.15, 0.2) is 17.5 Å². The molecule has 2 aliphatic rings. The summed E-state index contributed by atoms with van der Waals surface area (Å²) in [6.07, 6.45) is 0.656. The molecule has 3 rings (SSSR count). The number of methoxy groups -OCH3 is 1. The standard InChI is InChI=1S/C20H29N3O4S/c1-13(2)11-17(24)23-15(19(25)22-8-6-21-7-9-22)12-14(20(26)27-3)18(23)16-5-4-10-28-16/h4-5,10,13-15,18,21H,6-9,11-12H2,1-3H3. The zero-order valence-electron chi connectivity index (χ0n) is 16.7. The Morgan fingerprint density at radius 2 is 2.00 bits per heavy atom. The Morgan fingerprint density at radius 1 is 1.29 bits per heavy atom. The van der Waals surface area contributed by atoms with Crippen molar-refractivity contribution in [2.45, 2.75) is 38.8 Å². The number of amides is 2. The fourth-order valence-electron chi connectivity index (χ4n) is 4.14. The number of nitrogens with zero attached hydrogens (tertiary/aromatic N) is 2. The first-order chi connectivity index (χ1) is 13.4. The Hall–Kier alpha value is -1.93. The minimum absolute atomic E-state index is 0.0634. The van der Waals surface area contributed by atoms with Gasteiger partial charge in [-0.3, -0.25) is 14.4 Å². The molecule has 2 amide bonds. The zero-order chi connectivity index (χ0) is 20.3. The number of ether oxygens (including phenoxy) is 1. The molecule has 3 atom stereocenters. The molecule has 3 heterocycles. The van der Waals surface area contributed by atoms with Gasteiger partial charge in [0.05, 0.1) is 19.1 Å². The van der Waals surface area contributed by atoms with Crippen LogP contribution in [0.3, 0.4) is 0 Å². The van der Waals surface area contributed by atoms with E-state index in [1.165, 1.54) is 18.4 Å². The average Bonchev–Trinajstić information content (AvgIpc) is 3.34. The first-order valence-electron chi connectivity index (χ1n) is 9.86. The van der Waals surface area contributed by atoms with Gasteiger partial charge in [0.1, 0.15) is 6.04 Å². The summed E-state index contributed by atoms with van der Waals surface area (Å²) < 4.78 is 5.04. The van der Waals surface area contributed by atoms with E-state index in [0.717, 1.165) is 18.0 Å². The zero-order valence-corrected chi connectivity index (χ0v) is 17.5. The highest BCUT2D eigenvalue weighted by Gasteiger charge is 2.52. The van der Waals surface area contributed by atoms with E-state index >= 15 is 0 Å². The van der Waals surface area contributed by atoms with Gasteiger partial charge >= 0.3 is 5.97 Å². The highest BCUT2D eigenvalue weighted by molar-refractivity contribution is 7.10.